The molecule has 10 nitrogen and oxygen atoms in total. The summed E-state index contributed by atoms with van der Waals surface area (Å²) in [6.07, 6.45) is 1.27. The number of thiazole rings is 1. The van der Waals surface area contributed by atoms with E-state index in [2.05, 4.69) is 4.98 Å². The number of nitrogens with zero attached hydrogens (tertiary/aromatic N) is 4. The highest BCUT2D eigenvalue weighted by Gasteiger charge is 2.22. The van der Waals surface area contributed by atoms with E-state index < -0.39 is 23.4 Å². The molecule has 2 aromatic rings. The molecule has 1 aromatic heterocycles. The average molecular weight is 547 g/mol. The first-order chi connectivity index (χ1) is 17.7. The number of nitriles is 1. The minimum Gasteiger partial charge on any atom is -0.460 e. The molecule has 0 spiro atoms. The molecule has 2 rings (SSSR count). The van der Waals surface area contributed by atoms with Crippen LogP contribution in [0.4, 0.5) is 9.59 Å². The molecule has 38 heavy (non-hydrogen) atoms. The zero-order valence-corrected chi connectivity index (χ0v) is 24.1. The number of esters is 1. The first-order valence-electron chi connectivity index (χ1n) is 12.6. The van der Waals surface area contributed by atoms with Crippen LogP contribution in [0.3, 0.4) is 0 Å². The van der Waals surface area contributed by atoms with Crippen molar-refractivity contribution in [3.8, 4) is 11.8 Å². The van der Waals surface area contributed by atoms with Gasteiger partial charge in [-0.3, -0.25) is 4.79 Å². The Hall–Kier alpha value is -3.39. The van der Waals surface area contributed by atoms with Gasteiger partial charge in [0, 0.05) is 39.2 Å². The van der Waals surface area contributed by atoms with E-state index >= 15 is 0 Å². The third-order valence-electron chi connectivity index (χ3n) is 5.06. The fraction of sp³-hybridized carbons (Fsp3) is 0.593. The predicted molar refractivity (Wildman–Crippen MR) is 145 cm³/mol. The molecule has 0 aliphatic rings. The number of fused-ring (bicyclic) bond motifs is 1. The molecule has 11 heteroatoms. The summed E-state index contributed by atoms with van der Waals surface area (Å²) in [6, 6.07) is 7.03. The second kappa shape index (κ2) is 13.4. The summed E-state index contributed by atoms with van der Waals surface area (Å²) in [6.45, 7) is 11.7. The lowest BCUT2D eigenvalue weighted by Crippen LogP contribution is -2.42. The maximum absolute atomic E-state index is 13.1. The molecule has 0 saturated carbocycles. The smallest absolute Gasteiger partial charge is 0.415 e. The molecule has 1 heterocycles. The zero-order valence-electron chi connectivity index (χ0n) is 23.3. The Bertz CT molecular complexity index is 1160. The van der Waals surface area contributed by atoms with E-state index in [9.17, 15) is 14.4 Å². The number of hydrogen-bond acceptors (Lipinski definition) is 9. The van der Waals surface area contributed by atoms with Crippen molar-refractivity contribution in [3.63, 3.8) is 0 Å². The number of likely N-dealkylation sites (N-methyl/N-ethyl adjacent to an activating group) is 1. The Morgan fingerprint density at radius 1 is 0.947 bits per heavy atom. The summed E-state index contributed by atoms with van der Waals surface area (Å²) in [5, 5.41) is 9.41. The highest BCUT2D eigenvalue weighted by atomic mass is 32.1. The fourth-order valence-corrected chi connectivity index (χ4v) is 4.11. The molecule has 0 N–H and O–H groups in total. The number of carbonyl (C=O) groups excluding carboxylic acids is 3. The number of ether oxygens (including phenoxy) is 3. The minimum atomic E-state index is -0.626. The van der Waals surface area contributed by atoms with Gasteiger partial charge >= 0.3 is 18.2 Å². The topological polar surface area (TPSA) is 122 Å². The molecule has 2 amide bonds. The van der Waals surface area contributed by atoms with E-state index in [-0.39, 0.29) is 19.1 Å². The van der Waals surface area contributed by atoms with Gasteiger partial charge < -0.3 is 24.0 Å². The van der Waals surface area contributed by atoms with Gasteiger partial charge in [-0.2, -0.15) is 5.26 Å². The largest absolute Gasteiger partial charge is 0.460 e. The number of carbonyl (C=O) groups is 3. The quantitative estimate of drug-likeness (QED) is 0.273. The third-order valence-corrected chi connectivity index (χ3v) is 5.98. The summed E-state index contributed by atoms with van der Waals surface area (Å²) < 4.78 is 17.1. The second-order valence-corrected chi connectivity index (χ2v) is 11.9. The lowest BCUT2D eigenvalue weighted by atomic mass is 10.1. The molecular formula is C27H38N4O6S. The first-order valence-corrected chi connectivity index (χ1v) is 13.4. The van der Waals surface area contributed by atoms with Crippen LogP contribution in [0, 0.1) is 11.3 Å². The standard InChI is InChI=1S/C27H38N4O6S/c1-26(2,3)36-23(32)11-9-8-10-14-31(16-15-30(7)24(33)37-27(4,5)6)25(34)35-19-12-13-20-21(17-19)38-22(18-28)29-20/h12-13,17H,8-11,14-16H2,1-7H3. The van der Waals surface area contributed by atoms with Gasteiger partial charge in [0.2, 0.25) is 0 Å². The number of unbranched alkanes of at least 4 members (excludes halogenated alkanes) is 2. The van der Waals surface area contributed by atoms with Crippen LogP contribution < -0.4 is 4.74 Å². The monoisotopic (exact) mass is 546 g/mol. The van der Waals surface area contributed by atoms with Gasteiger partial charge in [0.15, 0.2) is 5.01 Å². The van der Waals surface area contributed by atoms with Crippen molar-refractivity contribution >= 4 is 39.7 Å². The Kier molecular flexibility index (Phi) is 10.9. The van der Waals surface area contributed by atoms with E-state index in [1.807, 2.05) is 26.8 Å². The average Bonchev–Trinajstić information content (AvgIpc) is 3.20. The first kappa shape index (κ1) is 30.8. The molecule has 0 radical (unpaired) electrons. The van der Waals surface area contributed by atoms with E-state index in [0.29, 0.717) is 48.5 Å². The fourth-order valence-electron chi connectivity index (χ4n) is 3.32. The molecular weight excluding hydrogens is 508 g/mol. The Balaban J connectivity index is 1.99. The highest BCUT2D eigenvalue weighted by molar-refractivity contribution is 7.19. The minimum absolute atomic E-state index is 0.238. The van der Waals surface area contributed by atoms with Gasteiger partial charge in [-0.25, -0.2) is 14.6 Å². The second-order valence-electron chi connectivity index (χ2n) is 10.9. The van der Waals surface area contributed by atoms with Gasteiger partial charge in [0.25, 0.3) is 0 Å². The van der Waals surface area contributed by atoms with Crippen molar-refractivity contribution in [2.75, 3.05) is 26.7 Å². The molecule has 0 bridgehead atoms. The van der Waals surface area contributed by atoms with Crippen molar-refractivity contribution < 1.29 is 28.6 Å². The summed E-state index contributed by atoms with van der Waals surface area (Å²) in [4.78, 5) is 44.5. The summed E-state index contributed by atoms with van der Waals surface area (Å²) in [5.74, 6) is 0.0943. The maximum Gasteiger partial charge on any atom is 0.415 e. The molecule has 0 atom stereocenters. The van der Waals surface area contributed by atoms with Crippen LogP contribution in [0.25, 0.3) is 10.2 Å². The maximum atomic E-state index is 13.1. The van der Waals surface area contributed by atoms with Crippen LogP contribution in [0.5, 0.6) is 5.75 Å². The van der Waals surface area contributed by atoms with Crippen LogP contribution in [-0.4, -0.2) is 70.8 Å². The van der Waals surface area contributed by atoms with Gasteiger partial charge in [0.05, 0.1) is 10.2 Å². The van der Waals surface area contributed by atoms with E-state index in [1.54, 1.807) is 46.0 Å². The van der Waals surface area contributed by atoms with Crippen LogP contribution in [0.2, 0.25) is 0 Å². The SMILES string of the molecule is CN(CCN(CCCCCC(=O)OC(C)(C)C)C(=O)Oc1ccc2nc(C#N)sc2c1)C(=O)OC(C)(C)C. The normalized spacial score (nSPS) is 11.5. The van der Waals surface area contributed by atoms with Crippen molar-refractivity contribution in [1.29, 1.82) is 5.26 Å². The molecule has 0 unspecified atom stereocenters. The van der Waals surface area contributed by atoms with Crippen molar-refractivity contribution in [2.24, 2.45) is 0 Å². The van der Waals surface area contributed by atoms with Crippen LogP contribution in [-0.2, 0) is 14.3 Å². The molecule has 0 aliphatic heterocycles. The number of benzene rings is 1. The Labute approximate surface area is 228 Å². The third kappa shape index (κ3) is 10.9. The highest BCUT2D eigenvalue weighted by Crippen LogP contribution is 2.26. The van der Waals surface area contributed by atoms with Crippen molar-refractivity contribution in [3.05, 3.63) is 23.2 Å². The molecule has 208 valence electrons. The summed E-state index contributed by atoms with van der Waals surface area (Å²) >= 11 is 1.22. The van der Waals surface area contributed by atoms with Gasteiger partial charge in [-0.15, -0.1) is 11.3 Å². The number of amides is 2. The molecule has 1 aromatic carbocycles. The van der Waals surface area contributed by atoms with E-state index in [4.69, 9.17) is 19.5 Å². The molecule has 0 saturated heterocycles. The molecule has 0 aliphatic carbocycles. The Morgan fingerprint density at radius 2 is 1.63 bits per heavy atom. The van der Waals surface area contributed by atoms with Gasteiger partial charge in [0.1, 0.15) is 23.0 Å². The molecule has 0 fully saturated rings. The van der Waals surface area contributed by atoms with Gasteiger partial charge in [-0.1, -0.05) is 6.42 Å². The zero-order chi connectivity index (χ0) is 28.5. The number of hydrogen-bond donors (Lipinski definition) is 0. The predicted octanol–water partition coefficient (Wildman–Crippen LogP) is 5.74. The number of aromatic nitrogens is 1. The Morgan fingerprint density at radius 3 is 2.26 bits per heavy atom. The lowest BCUT2D eigenvalue weighted by Gasteiger charge is -2.27. The number of rotatable bonds is 10. The van der Waals surface area contributed by atoms with Crippen molar-refractivity contribution in [1.82, 2.24) is 14.8 Å². The van der Waals surface area contributed by atoms with Crippen molar-refractivity contribution in [2.45, 2.75) is 78.4 Å². The lowest BCUT2D eigenvalue weighted by molar-refractivity contribution is -0.154. The van der Waals surface area contributed by atoms with E-state index in [1.165, 1.54) is 21.1 Å². The van der Waals surface area contributed by atoms with E-state index in [0.717, 1.165) is 4.70 Å². The van der Waals surface area contributed by atoms with Crippen LogP contribution >= 0.6 is 11.3 Å². The summed E-state index contributed by atoms with van der Waals surface area (Å²) in [7, 11) is 1.61. The summed E-state index contributed by atoms with van der Waals surface area (Å²) in [5.41, 5.74) is -0.484. The van der Waals surface area contributed by atoms with Gasteiger partial charge in [-0.05, 0) is 66.5 Å². The van der Waals surface area contributed by atoms with Crippen LogP contribution in [0.1, 0.15) is 72.2 Å². The van der Waals surface area contributed by atoms with Crippen LogP contribution in [0.15, 0.2) is 18.2 Å².